The number of hydrogen-bond donors (Lipinski definition) is 1. The number of aromatic hydroxyl groups is 1. The number of ether oxygens (including phenoxy) is 1. The quantitative estimate of drug-likeness (QED) is 0.847. The zero-order chi connectivity index (χ0) is 18.2. The van der Waals surface area contributed by atoms with Gasteiger partial charge >= 0.3 is 6.09 Å². The number of benzene rings is 2. The van der Waals surface area contributed by atoms with Gasteiger partial charge in [-0.1, -0.05) is 37.3 Å². The van der Waals surface area contributed by atoms with Crippen LogP contribution in [0.5, 0.6) is 5.75 Å². The van der Waals surface area contributed by atoms with Crippen LogP contribution < -0.4 is 0 Å². The summed E-state index contributed by atoms with van der Waals surface area (Å²) < 4.78 is 5.57. The Balaban J connectivity index is 1.80. The molecular formula is C21H27NO3. The Morgan fingerprint density at radius 1 is 1.28 bits per heavy atom. The molecule has 4 nitrogen and oxygen atoms in total. The Bertz CT molecular complexity index is 774. The van der Waals surface area contributed by atoms with Crippen LogP contribution in [-0.2, 0) is 4.74 Å². The third-order valence-corrected chi connectivity index (χ3v) is 4.52. The number of rotatable bonds is 4. The van der Waals surface area contributed by atoms with Crippen LogP contribution in [0.25, 0.3) is 10.8 Å². The van der Waals surface area contributed by atoms with E-state index in [-0.39, 0.29) is 23.8 Å². The lowest BCUT2D eigenvalue weighted by Gasteiger charge is -2.29. The molecule has 0 aromatic heterocycles. The second kappa shape index (κ2) is 6.58. The Kier molecular flexibility index (Phi) is 4.63. The van der Waals surface area contributed by atoms with Crippen LogP contribution in [0, 0.1) is 0 Å². The van der Waals surface area contributed by atoms with Crippen LogP contribution in [0.1, 0.15) is 52.0 Å². The molecule has 1 unspecified atom stereocenters. The summed E-state index contributed by atoms with van der Waals surface area (Å²) >= 11 is 0. The van der Waals surface area contributed by atoms with E-state index in [9.17, 15) is 9.90 Å². The second-order valence-electron chi connectivity index (χ2n) is 8.03. The highest BCUT2D eigenvalue weighted by molar-refractivity contribution is 5.88. The summed E-state index contributed by atoms with van der Waals surface area (Å²) in [5, 5.41) is 12.2. The summed E-state index contributed by atoms with van der Waals surface area (Å²) in [5.41, 5.74) is 0.541. The average Bonchev–Trinajstić information content (AvgIpc) is 3.35. The second-order valence-corrected chi connectivity index (χ2v) is 8.03. The van der Waals surface area contributed by atoms with Gasteiger partial charge in [0.25, 0.3) is 0 Å². The highest BCUT2D eigenvalue weighted by Gasteiger charge is 2.36. The summed E-state index contributed by atoms with van der Waals surface area (Å²) in [6, 6.07) is 12.0. The topological polar surface area (TPSA) is 49.8 Å². The van der Waals surface area contributed by atoms with E-state index in [4.69, 9.17) is 4.74 Å². The van der Waals surface area contributed by atoms with Gasteiger partial charge in [0.05, 0.1) is 0 Å². The molecule has 1 saturated carbocycles. The Morgan fingerprint density at radius 2 is 1.96 bits per heavy atom. The fourth-order valence-electron chi connectivity index (χ4n) is 3.08. The first kappa shape index (κ1) is 17.6. The van der Waals surface area contributed by atoms with Gasteiger partial charge in [-0.05, 0) is 56.5 Å². The number of amides is 1. The fourth-order valence-corrected chi connectivity index (χ4v) is 3.08. The van der Waals surface area contributed by atoms with E-state index in [0.29, 0.717) is 6.54 Å². The monoisotopic (exact) mass is 341 g/mol. The van der Waals surface area contributed by atoms with Crippen molar-refractivity contribution in [1.82, 2.24) is 4.90 Å². The molecule has 0 heterocycles. The summed E-state index contributed by atoms with van der Waals surface area (Å²) in [6.07, 6.45) is 1.83. The maximum atomic E-state index is 12.5. The smallest absolute Gasteiger partial charge is 0.410 e. The largest absolute Gasteiger partial charge is 0.507 e. The lowest BCUT2D eigenvalue weighted by molar-refractivity contribution is 0.0224. The fraction of sp³-hybridized carbons (Fsp3) is 0.476. The predicted octanol–water partition coefficient (Wildman–Crippen LogP) is 5.05. The third kappa shape index (κ3) is 4.25. The van der Waals surface area contributed by atoms with Crippen LogP contribution >= 0.6 is 0 Å². The van der Waals surface area contributed by atoms with E-state index < -0.39 is 5.60 Å². The van der Waals surface area contributed by atoms with Gasteiger partial charge in [0.15, 0.2) is 0 Å². The molecule has 0 aliphatic heterocycles. The molecule has 25 heavy (non-hydrogen) atoms. The minimum Gasteiger partial charge on any atom is -0.507 e. The molecule has 0 spiro atoms. The molecule has 0 radical (unpaired) electrons. The molecule has 1 aliphatic carbocycles. The Labute approximate surface area is 149 Å². The molecule has 134 valence electrons. The van der Waals surface area contributed by atoms with Crippen molar-refractivity contribution in [3.05, 3.63) is 42.0 Å². The number of nitrogens with zero attached hydrogens (tertiary/aromatic N) is 1. The van der Waals surface area contributed by atoms with Crippen LogP contribution in [0.3, 0.4) is 0 Å². The first-order chi connectivity index (χ1) is 11.7. The molecule has 1 amide bonds. The van der Waals surface area contributed by atoms with E-state index in [2.05, 4.69) is 13.0 Å². The van der Waals surface area contributed by atoms with Gasteiger partial charge in [-0.25, -0.2) is 4.79 Å². The normalized spacial score (nSPS) is 15.8. The van der Waals surface area contributed by atoms with Crippen molar-refractivity contribution in [3.63, 3.8) is 0 Å². The van der Waals surface area contributed by atoms with Crippen LogP contribution in [0.2, 0.25) is 0 Å². The van der Waals surface area contributed by atoms with E-state index in [1.54, 1.807) is 0 Å². The molecule has 0 saturated heterocycles. The van der Waals surface area contributed by atoms with Gasteiger partial charge in [0.2, 0.25) is 0 Å². The van der Waals surface area contributed by atoms with Gasteiger partial charge < -0.3 is 14.7 Å². The van der Waals surface area contributed by atoms with Gasteiger partial charge in [-0.2, -0.15) is 0 Å². The lowest BCUT2D eigenvalue weighted by atomic mass is 9.96. The zero-order valence-corrected chi connectivity index (χ0v) is 15.5. The summed E-state index contributed by atoms with van der Waals surface area (Å²) in [7, 11) is 0. The van der Waals surface area contributed by atoms with Crippen molar-refractivity contribution in [3.8, 4) is 5.75 Å². The first-order valence-electron chi connectivity index (χ1n) is 8.96. The molecule has 3 rings (SSSR count). The summed E-state index contributed by atoms with van der Waals surface area (Å²) in [5.74, 6) is 0.402. The number of phenolic OH excluding ortho intramolecular Hbond substituents is 1. The molecule has 4 heteroatoms. The Morgan fingerprint density at radius 3 is 2.60 bits per heavy atom. The van der Waals surface area contributed by atoms with Gasteiger partial charge in [0.1, 0.15) is 11.4 Å². The van der Waals surface area contributed by atoms with Gasteiger partial charge in [-0.3, -0.25) is 0 Å². The third-order valence-electron chi connectivity index (χ3n) is 4.52. The number of phenols is 1. The molecule has 0 bridgehead atoms. The maximum Gasteiger partial charge on any atom is 0.410 e. The highest BCUT2D eigenvalue weighted by Crippen LogP contribution is 2.33. The Hall–Kier alpha value is -2.23. The molecule has 1 fully saturated rings. The summed E-state index contributed by atoms with van der Waals surface area (Å²) in [6.45, 7) is 8.35. The van der Waals surface area contributed by atoms with Gasteiger partial charge in [-0.15, -0.1) is 0 Å². The summed E-state index contributed by atoms with van der Waals surface area (Å²) in [4.78, 5) is 14.4. The van der Waals surface area contributed by atoms with E-state index in [1.165, 1.54) is 0 Å². The average molecular weight is 341 g/mol. The van der Waals surface area contributed by atoms with Crippen LogP contribution in [0.4, 0.5) is 4.79 Å². The van der Waals surface area contributed by atoms with Crippen LogP contribution in [0.15, 0.2) is 36.4 Å². The highest BCUT2D eigenvalue weighted by atomic mass is 16.6. The maximum absolute atomic E-state index is 12.5. The van der Waals surface area contributed by atoms with Gasteiger partial charge in [0, 0.05) is 18.0 Å². The van der Waals surface area contributed by atoms with Crippen molar-refractivity contribution in [2.75, 3.05) is 6.54 Å². The predicted molar refractivity (Wildman–Crippen MR) is 100.0 cm³/mol. The van der Waals surface area contributed by atoms with E-state index in [0.717, 1.165) is 29.2 Å². The van der Waals surface area contributed by atoms with E-state index in [1.807, 2.05) is 56.0 Å². The van der Waals surface area contributed by atoms with Crippen molar-refractivity contribution in [1.29, 1.82) is 0 Å². The minimum atomic E-state index is -0.491. The van der Waals surface area contributed by atoms with E-state index >= 15 is 0 Å². The van der Waals surface area contributed by atoms with Crippen molar-refractivity contribution in [2.45, 2.75) is 58.1 Å². The lowest BCUT2D eigenvalue weighted by Crippen LogP contribution is -2.40. The standard InChI is InChI=1S/C21H27NO3/c1-14(13-22(17-9-10-17)20(24)25-21(2,3)4)16-11-15-7-5-6-8-18(15)19(23)12-16/h5-8,11-12,14,17,23H,9-10,13H2,1-4H3. The molecule has 2 aromatic carbocycles. The number of fused-ring (bicyclic) bond motifs is 1. The molecule has 1 N–H and O–H groups in total. The number of hydrogen-bond acceptors (Lipinski definition) is 3. The molecular weight excluding hydrogens is 314 g/mol. The zero-order valence-electron chi connectivity index (χ0n) is 15.5. The van der Waals surface area contributed by atoms with Crippen molar-refractivity contribution >= 4 is 16.9 Å². The van der Waals surface area contributed by atoms with Crippen LogP contribution in [-0.4, -0.2) is 34.3 Å². The van der Waals surface area contributed by atoms with Crippen molar-refractivity contribution < 1.29 is 14.6 Å². The molecule has 2 aromatic rings. The SMILES string of the molecule is CC(CN(C(=O)OC(C)(C)C)C1CC1)c1cc(O)c2ccccc2c1. The molecule has 1 atom stereocenters. The van der Waals surface area contributed by atoms with Crippen molar-refractivity contribution in [2.24, 2.45) is 0 Å². The first-order valence-corrected chi connectivity index (χ1v) is 8.96. The molecule has 1 aliphatic rings. The minimum absolute atomic E-state index is 0.114. The number of carbonyl (C=O) groups is 1. The number of carbonyl (C=O) groups excluding carboxylic acids is 1.